The number of rotatable bonds is 4. The van der Waals surface area contributed by atoms with Gasteiger partial charge in [-0.05, 0) is 19.8 Å². The van der Waals surface area contributed by atoms with Crippen LogP contribution in [0.15, 0.2) is 12.4 Å². The standard InChI is InChI=1S/C12H20N4O/c1-2-13-11-7-12(15-8-14-11)16-9-5-3-4-6-10(9)17/h7-10,17H,2-6H2,1H3,(H2,13,14,15,16). The molecule has 94 valence electrons. The van der Waals surface area contributed by atoms with Gasteiger partial charge in [0.1, 0.15) is 18.0 Å². The average molecular weight is 236 g/mol. The summed E-state index contributed by atoms with van der Waals surface area (Å²) >= 11 is 0. The summed E-state index contributed by atoms with van der Waals surface area (Å²) in [5.41, 5.74) is 0. The van der Waals surface area contributed by atoms with Crippen molar-refractivity contribution in [2.75, 3.05) is 17.2 Å². The lowest BCUT2D eigenvalue weighted by Crippen LogP contribution is -2.36. The number of nitrogens with one attached hydrogen (secondary N) is 2. The van der Waals surface area contributed by atoms with Crippen molar-refractivity contribution in [1.82, 2.24) is 9.97 Å². The number of aliphatic hydroxyl groups excluding tert-OH is 1. The molecular weight excluding hydrogens is 216 g/mol. The predicted octanol–water partition coefficient (Wildman–Crippen LogP) is 1.62. The molecule has 2 atom stereocenters. The molecule has 1 aliphatic carbocycles. The molecule has 1 aromatic rings. The van der Waals surface area contributed by atoms with Gasteiger partial charge in [-0.2, -0.15) is 0 Å². The van der Waals surface area contributed by atoms with Crippen LogP contribution in [0.4, 0.5) is 11.6 Å². The van der Waals surface area contributed by atoms with Gasteiger partial charge in [0.15, 0.2) is 0 Å². The number of hydrogen-bond donors (Lipinski definition) is 3. The third-order valence-corrected chi connectivity index (χ3v) is 3.09. The Morgan fingerprint density at radius 2 is 2.06 bits per heavy atom. The summed E-state index contributed by atoms with van der Waals surface area (Å²) in [7, 11) is 0. The summed E-state index contributed by atoms with van der Waals surface area (Å²) in [4.78, 5) is 8.29. The van der Waals surface area contributed by atoms with E-state index in [-0.39, 0.29) is 12.1 Å². The maximum Gasteiger partial charge on any atom is 0.131 e. The van der Waals surface area contributed by atoms with E-state index in [4.69, 9.17) is 0 Å². The van der Waals surface area contributed by atoms with Crippen LogP contribution in [0.3, 0.4) is 0 Å². The molecule has 1 aromatic heterocycles. The Bertz CT molecular complexity index is 358. The third kappa shape index (κ3) is 3.30. The molecule has 0 bridgehead atoms. The van der Waals surface area contributed by atoms with E-state index in [1.165, 1.54) is 12.7 Å². The lowest BCUT2D eigenvalue weighted by atomic mass is 9.93. The zero-order chi connectivity index (χ0) is 12.1. The highest BCUT2D eigenvalue weighted by atomic mass is 16.3. The van der Waals surface area contributed by atoms with Crippen molar-refractivity contribution in [2.45, 2.75) is 44.8 Å². The monoisotopic (exact) mass is 236 g/mol. The number of aromatic nitrogens is 2. The fourth-order valence-electron chi connectivity index (χ4n) is 2.18. The van der Waals surface area contributed by atoms with Crippen molar-refractivity contribution in [3.63, 3.8) is 0 Å². The molecule has 2 rings (SSSR count). The van der Waals surface area contributed by atoms with Crippen LogP contribution in [-0.4, -0.2) is 33.8 Å². The largest absolute Gasteiger partial charge is 0.391 e. The van der Waals surface area contributed by atoms with Gasteiger partial charge in [-0.15, -0.1) is 0 Å². The van der Waals surface area contributed by atoms with Crippen LogP contribution < -0.4 is 10.6 Å². The fourth-order valence-corrected chi connectivity index (χ4v) is 2.18. The molecule has 2 unspecified atom stereocenters. The Balaban J connectivity index is 1.99. The lowest BCUT2D eigenvalue weighted by Gasteiger charge is -2.28. The maximum absolute atomic E-state index is 9.88. The number of aliphatic hydroxyl groups is 1. The highest BCUT2D eigenvalue weighted by molar-refractivity contribution is 5.47. The van der Waals surface area contributed by atoms with Gasteiger partial charge in [0.2, 0.25) is 0 Å². The van der Waals surface area contributed by atoms with Gasteiger partial charge in [-0.25, -0.2) is 9.97 Å². The third-order valence-electron chi connectivity index (χ3n) is 3.09. The van der Waals surface area contributed by atoms with Crippen molar-refractivity contribution < 1.29 is 5.11 Å². The molecule has 17 heavy (non-hydrogen) atoms. The summed E-state index contributed by atoms with van der Waals surface area (Å²) in [6.07, 6.45) is 5.44. The number of nitrogens with zero attached hydrogens (tertiary/aromatic N) is 2. The van der Waals surface area contributed by atoms with Crippen LogP contribution in [0.25, 0.3) is 0 Å². The second kappa shape index (κ2) is 5.82. The van der Waals surface area contributed by atoms with Gasteiger partial charge in [0, 0.05) is 12.6 Å². The van der Waals surface area contributed by atoms with Crippen molar-refractivity contribution in [3.05, 3.63) is 12.4 Å². The van der Waals surface area contributed by atoms with Crippen molar-refractivity contribution in [1.29, 1.82) is 0 Å². The second-order valence-electron chi connectivity index (χ2n) is 4.42. The first kappa shape index (κ1) is 12.1. The van der Waals surface area contributed by atoms with E-state index >= 15 is 0 Å². The zero-order valence-electron chi connectivity index (χ0n) is 10.2. The molecule has 5 nitrogen and oxygen atoms in total. The van der Waals surface area contributed by atoms with Gasteiger partial charge in [-0.1, -0.05) is 12.8 Å². The Kier molecular flexibility index (Phi) is 4.14. The predicted molar refractivity (Wildman–Crippen MR) is 68.1 cm³/mol. The highest BCUT2D eigenvalue weighted by Gasteiger charge is 2.22. The van der Waals surface area contributed by atoms with E-state index in [1.54, 1.807) is 0 Å². The lowest BCUT2D eigenvalue weighted by molar-refractivity contribution is 0.116. The number of hydrogen-bond acceptors (Lipinski definition) is 5. The van der Waals surface area contributed by atoms with Gasteiger partial charge in [0.25, 0.3) is 0 Å². The van der Waals surface area contributed by atoms with Crippen LogP contribution in [0.5, 0.6) is 0 Å². The van der Waals surface area contributed by atoms with E-state index in [0.29, 0.717) is 0 Å². The molecule has 0 amide bonds. The first-order valence-electron chi connectivity index (χ1n) is 6.30. The molecule has 5 heteroatoms. The average Bonchev–Trinajstić information content (AvgIpc) is 2.33. The minimum Gasteiger partial charge on any atom is -0.391 e. The molecule has 0 radical (unpaired) electrons. The van der Waals surface area contributed by atoms with Gasteiger partial charge >= 0.3 is 0 Å². The minimum absolute atomic E-state index is 0.119. The van der Waals surface area contributed by atoms with Crippen molar-refractivity contribution >= 4 is 11.6 Å². The summed E-state index contributed by atoms with van der Waals surface area (Å²) in [5.74, 6) is 1.59. The van der Waals surface area contributed by atoms with Crippen LogP contribution in [0, 0.1) is 0 Å². The van der Waals surface area contributed by atoms with E-state index < -0.39 is 0 Å². The molecule has 0 aliphatic heterocycles. The van der Waals surface area contributed by atoms with Crippen molar-refractivity contribution in [2.24, 2.45) is 0 Å². The Morgan fingerprint density at radius 3 is 2.82 bits per heavy atom. The second-order valence-corrected chi connectivity index (χ2v) is 4.42. The zero-order valence-corrected chi connectivity index (χ0v) is 10.2. The molecule has 1 fully saturated rings. The smallest absolute Gasteiger partial charge is 0.131 e. The fraction of sp³-hybridized carbons (Fsp3) is 0.667. The summed E-state index contributed by atoms with van der Waals surface area (Å²) in [5, 5.41) is 16.3. The van der Waals surface area contributed by atoms with Gasteiger partial charge in [-0.3, -0.25) is 0 Å². The van der Waals surface area contributed by atoms with E-state index in [9.17, 15) is 5.11 Å². The number of anilines is 2. The van der Waals surface area contributed by atoms with E-state index in [0.717, 1.165) is 37.4 Å². The Morgan fingerprint density at radius 1 is 1.29 bits per heavy atom. The van der Waals surface area contributed by atoms with E-state index in [1.807, 2.05) is 13.0 Å². The minimum atomic E-state index is -0.263. The van der Waals surface area contributed by atoms with Gasteiger partial charge in [0.05, 0.1) is 12.1 Å². The molecular formula is C12H20N4O. The molecule has 3 N–H and O–H groups in total. The SMILES string of the molecule is CCNc1cc(NC2CCCCC2O)ncn1. The molecule has 1 heterocycles. The van der Waals surface area contributed by atoms with Crippen LogP contribution in [-0.2, 0) is 0 Å². The van der Waals surface area contributed by atoms with Crippen LogP contribution in [0.1, 0.15) is 32.6 Å². The highest BCUT2D eigenvalue weighted by Crippen LogP contribution is 2.21. The molecule has 0 spiro atoms. The summed E-state index contributed by atoms with van der Waals surface area (Å²) < 4.78 is 0. The Labute approximate surface area is 102 Å². The Hall–Kier alpha value is -1.36. The quantitative estimate of drug-likeness (QED) is 0.741. The molecule has 0 aromatic carbocycles. The topological polar surface area (TPSA) is 70.1 Å². The molecule has 0 saturated heterocycles. The van der Waals surface area contributed by atoms with Crippen molar-refractivity contribution in [3.8, 4) is 0 Å². The first-order valence-corrected chi connectivity index (χ1v) is 6.30. The van der Waals surface area contributed by atoms with E-state index in [2.05, 4.69) is 20.6 Å². The molecule has 1 saturated carbocycles. The molecule has 1 aliphatic rings. The maximum atomic E-state index is 9.88. The van der Waals surface area contributed by atoms with Crippen LogP contribution >= 0.6 is 0 Å². The summed E-state index contributed by atoms with van der Waals surface area (Å²) in [6.45, 7) is 2.86. The summed E-state index contributed by atoms with van der Waals surface area (Å²) in [6, 6.07) is 2.00. The first-order chi connectivity index (χ1) is 8.29. The normalized spacial score (nSPS) is 24.4. The van der Waals surface area contributed by atoms with Crippen LogP contribution in [0.2, 0.25) is 0 Å². The van der Waals surface area contributed by atoms with Gasteiger partial charge < -0.3 is 15.7 Å².